The summed E-state index contributed by atoms with van der Waals surface area (Å²) in [5.74, 6) is 0.183. The summed E-state index contributed by atoms with van der Waals surface area (Å²) in [6.07, 6.45) is -0.118. The lowest BCUT2D eigenvalue weighted by atomic mass is 10.1. The van der Waals surface area contributed by atoms with Crippen LogP contribution in [0.5, 0.6) is 5.75 Å². The Morgan fingerprint density at radius 3 is 2.27 bits per heavy atom. The first-order valence-corrected chi connectivity index (χ1v) is 10.6. The lowest BCUT2D eigenvalue weighted by Crippen LogP contribution is -2.20. The van der Waals surface area contributed by atoms with Gasteiger partial charge in [0.15, 0.2) is 0 Å². The SMILES string of the molecule is CC/C(C)=C/N=C(Nc1ccccc1CC)\C(C=N)=C(/C)Nc1ccc(OC(F)(F)F)cc1. The maximum Gasteiger partial charge on any atom is 0.573 e. The second-order valence-corrected chi connectivity index (χ2v) is 7.32. The Morgan fingerprint density at radius 2 is 1.70 bits per heavy atom. The van der Waals surface area contributed by atoms with E-state index in [9.17, 15) is 13.2 Å². The van der Waals surface area contributed by atoms with Crippen LogP contribution in [0.1, 0.15) is 39.7 Å². The van der Waals surface area contributed by atoms with Gasteiger partial charge in [0.2, 0.25) is 0 Å². The van der Waals surface area contributed by atoms with Crippen molar-refractivity contribution >= 4 is 23.4 Å². The van der Waals surface area contributed by atoms with Crippen LogP contribution in [0.15, 0.2) is 76.6 Å². The average Bonchev–Trinajstić information content (AvgIpc) is 2.78. The van der Waals surface area contributed by atoms with E-state index in [1.54, 1.807) is 13.1 Å². The number of rotatable bonds is 9. The second kappa shape index (κ2) is 11.9. The van der Waals surface area contributed by atoms with E-state index < -0.39 is 6.36 Å². The van der Waals surface area contributed by atoms with Crippen molar-refractivity contribution in [3.63, 3.8) is 0 Å². The Balaban J connectivity index is 2.39. The van der Waals surface area contributed by atoms with E-state index in [4.69, 9.17) is 5.41 Å². The van der Waals surface area contributed by atoms with Crippen molar-refractivity contribution in [2.24, 2.45) is 4.99 Å². The minimum absolute atomic E-state index is 0.303. The van der Waals surface area contributed by atoms with E-state index in [-0.39, 0.29) is 5.75 Å². The molecular weight excluding hydrogens is 429 g/mol. The fraction of sp³-hybridized carbons (Fsp3) is 0.280. The quantitative estimate of drug-likeness (QED) is 0.273. The van der Waals surface area contributed by atoms with E-state index in [2.05, 4.69) is 27.3 Å². The monoisotopic (exact) mass is 458 g/mol. The number of hydrogen-bond donors (Lipinski definition) is 3. The molecular formula is C25H29F3N4O. The zero-order valence-electron chi connectivity index (χ0n) is 19.2. The third kappa shape index (κ3) is 8.14. The number of amidine groups is 1. The molecule has 0 spiro atoms. The van der Waals surface area contributed by atoms with Crippen molar-refractivity contribution < 1.29 is 17.9 Å². The second-order valence-electron chi connectivity index (χ2n) is 7.32. The van der Waals surface area contributed by atoms with Crippen LogP contribution in [-0.2, 0) is 6.42 Å². The molecule has 176 valence electrons. The fourth-order valence-electron chi connectivity index (χ4n) is 2.89. The molecule has 0 bridgehead atoms. The number of benzene rings is 2. The molecule has 0 fully saturated rings. The summed E-state index contributed by atoms with van der Waals surface area (Å²) in [6.45, 7) is 7.85. The van der Waals surface area contributed by atoms with Crippen LogP contribution in [0, 0.1) is 5.41 Å². The number of aliphatic imine (C=N–C) groups is 1. The molecule has 0 heterocycles. The Hall–Kier alpha value is -3.55. The predicted molar refractivity (Wildman–Crippen MR) is 129 cm³/mol. The first-order chi connectivity index (χ1) is 15.7. The summed E-state index contributed by atoms with van der Waals surface area (Å²) in [4.78, 5) is 4.60. The number of para-hydroxylation sites is 1. The summed E-state index contributed by atoms with van der Waals surface area (Å²) in [5, 5.41) is 14.5. The molecule has 0 saturated heterocycles. The van der Waals surface area contributed by atoms with Crippen molar-refractivity contribution in [1.82, 2.24) is 0 Å². The molecule has 5 nitrogen and oxygen atoms in total. The Morgan fingerprint density at radius 1 is 1.03 bits per heavy atom. The maximum atomic E-state index is 12.4. The minimum Gasteiger partial charge on any atom is -0.406 e. The van der Waals surface area contributed by atoms with E-state index >= 15 is 0 Å². The molecule has 0 aliphatic heterocycles. The molecule has 33 heavy (non-hydrogen) atoms. The van der Waals surface area contributed by atoms with Gasteiger partial charge in [-0.1, -0.05) is 37.6 Å². The zero-order chi connectivity index (χ0) is 24.4. The van der Waals surface area contributed by atoms with E-state index in [0.29, 0.717) is 22.8 Å². The van der Waals surface area contributed by atoms with Crippen molar-refractivity contribution in [2.45, 2.75) is 46.9 Å². The Labute approximate surface area is 192 Å². The van der Waals surface area contributed by atoms with Gasteiger partial charge >= 0.3 is 6.36 Å². The minimum atomic E-state index is -4.74. The lowest BCUT2D eigenvalue weighted by Gasteiger charge is -2.17. The van der Waals surface area contributed by atoms with Crippen molar-refractivity contribution in [1.29, 1.82) is 5.41 Å². The number of halogens is 3. The molecule has 0 aromatic heterocycles. The normalized spacial score (nSPS) is 13.3. The predicted octanol–water partition coefficient (Wildman–Crippen LogP) is 7.31. The number of alkyl halides is 3. The molecule has 2 aromatic rings. The van der Waals surface area contributed by atoms with Crippen LogP contribution in [0.4, 0.5) is 24.5 Å². The van der Waals surface area contributed by atoms with Crippen LogP contribution in [0.25, 0.3) is 0 Å². The molecule has 0 radical (unpaired) electrons. The third-order valence-corrected chi connectivity index (χ3v) is 4.85. The standard InChI is InChI=1S/C25H29F3N4O/c1-5-17(3)16-30-24(32-23-10-8-7-9-19(23)6-2)22(15-29)18(4)31-20-11-13-21(14-12-20)33-25(26,27)28/h7-16,29,31H,5-6H2,1-4H3,(H,30,32)/b17-16+,22-18+,29-15?. The molecule has 8 heteroatoms. The van der Waals surface area contributed by atoms with Gasteiger partial charge in [-0.2, -0.15) is 0 Å². The number of aryl methyl sites for hydroxylation is 1. The summed E-state index contributed by atoms with van der Waals surface area (Å²) in [5.41, 5.74) is 4.75. The zero-order valence-corrected chi connectivity index (χ0v) is 19.2. The fourth-order valence-corrected chi connectivity index (χ4v) is 2.89. The van der Waals surface area contributed by atoms with Gasteiger partial charge in [0, 0.05) is 29.5 Å². The number of anilines is 2. The molecule has 0 aliphatic carbocycles. The number of nitrogens with one attached hydrogen (secondary N) is 3. The lowest BCUT2D eigenvalue weighted by molar-refractivity contribution is -0.274. The molecule has 2 rings (SSSR count). The highest BCUT2D eigenvalue weighted by Crippen LogP contribution is 2.25. The average molecular weight is 459 g/mol. The molecule has 0 unspecified atom stereocenters. The van der Waals surface area contributed by atoms with Crippen LogP contribution in [0.3, 0.4) is 0 Å². The highest BCUT2D eigenvalue weighted by molar-refractivity contribution is 6.21. The number of ether oxygens (including phenoxy) is 1. The van der Waals surface area contributed by atoms with E-state index in [0.717, 1.165) is 29.7 Å². The van der Waals surface area contributed by atoms with Crippen LogP contribution in [0.2, 0.25) is 0 Å². The molecule has 2 aromatic carbocycles. The first kappa shape index (κ1) is 25.7. The molecule has 0 amide bonds. The van der Waals surface area contributed by atoms with Gasteiger partial charge in [-0.15, -0.1) is 13.2 Å². The smallest absolute Gasteiger partial charge is 0.406 e. The van der Waals surface area contributed by atoms with Crippen LogP contribution in [-0.4, -0.2) is 18.4 Å². The molecule has 0 atom stereocenters. The van der Waals surface area contributed by atoms with Gasteiger partial charge in [0.05, 0.1) is 5.57 Å². The van der Waals surface area contributed by atoms with Crippen LogP contribution >= 0.6 is 0 Å². The molecule has 0 aliphatic rings. The summed E-state index contributed by atoms with van der Waals surface area (Å²) in [6, 6.07) is 13.3. The van der Waals surface area contributed by atoms with Crippen molar-refractivity contribution in [3.05, 3.63) is 77.1 Å². The van der Waals surface area contributed by atoms with Crippen LogP contribution < -0.4 is 15.4 Å². The van der Waals surface area contributed by atoms with Gasteiger partial charge in [-0.25, -0.2) is 4.99 Å². The van der Waals surface area contributed by atoms with Gasteiger partial charge in [-0.3, -0.25) is 0 Å². The van der Waals surface area contributed by atoms with Gasteiger partial charge in [0.1, 0.15) is 11.6 Å². The first-order valence-electron chi connectivity index (χ1n) is 10.6. The Kier molecular flexibility index (Phi) is 9.27. The van der Waals surface area contributed by atoms with E-state index in [1.165, 1.54) is 30.5 Å². The summed E-state index contributed by atoms with van der Waals surface area (Å²) >= 11 is 0. The number of allylic oxidation sites excluding steroid dienone is 2. The maximum absolute atomic E-state index is 12.4. The highest BCUT2D eigenvalue weighted by atomic mass is 19.4. The topological polar surface area (TPSA) is 69.5 Å². The van der Waals surface area contributed by atoms with Crippen molar-refractivity contribution in [2.75, 3.05) is 10.6 Å². The van der Waals surface area contributed by atoms with Crippen molar-refractivity contribution in [3.8, 4) is 5.75 Å². The number of nitrogens with zero attached hydrogens (tertiary/aromatic N) is 1. The molecule has 3 N–H and O–H groups in total. The summed E-state index contributed by atoms with van der Waals surface area (Å²) < 4.78 is 41.1. The van der Waals surface area contributed by atoms with Gasteiger partial charge in [-0.05, 0) is 62.6 Å². The summed E-state index contributed by atoms with van der Waals surface area (Å²) in [7, 11) is 0. The van der Waals surface area contributed by atoms with Gasteiger partial charge in [0.25, 0.3) is 0 Å². The largest absolute Gasteiger partial charge is 0.573 e. The Bertz CT molecular complexity index is 1040. The van der Waals surface area contributed by atoms with Gasteiger partial charge < -0.3 is 20.8 Å². The molecule has 0 saturated carbocycles. The number of hydrogen-bond acceptors (Lipinski definition) is 4. The van der Waals surface area contributed by atoms with E-state index in [1.807, 2.05) is 38.1 Å². The highest BCUT2D eigenvalue weighted by Gasteiger charge is 2.30. The third-order valence-electron chi connectivity index (χ3n) is 4.85.